The van der Waals surface area contributed by atoms with Gasteiger partial charge in [-0.25, -0.2) is 9.78 Å². The first kappa shape index (κ1) is 13.8. The molecule has 19 heavy (non-hydrogen) atoms. The van der Waals surface area contributed by atoms with Crippen molar-refractivity contribution in [3.05, 3.63) is 23.9 Å². The molecule has 0 radical (unpaired) electrons. The van der Waals surface area contributed by atoms with Crippen molar-refractivity contribution in [3.63, 3.8) is 0 Å². The number of hydrogen-bond donors (Lipinski definition) is 1. The molecule has 0 aromatic carbocycles. The highest BCUT2D eigenvalue weighted by atomic mass is 16.5. The zero-order valence-corrected chi connectivity index (χ0v) is 11.0. The summed E-state index contributed by atoms with van der Waals surface area (Å²) in [6, 6.07) is 3.11. The summed E-state index contributed by atoms with van der Waals surface area (Å²) in [6.45, 7) is 3.80. The SMILES string of the molecule is O=C(O)c1ccc(OCCN2CCCCCC2)nc1. The first-order valence-electron chi connectivity index (χ1n) is 6.80. The van der Waals surface area contributed by atoms with Crippen LogP contribution < -0.4 is 4.74 Å². The standard InChI is InChI=1S/C14H20N2O3/c17-14(18)12-5-6-13(15-11-12)19-10-9-16-7-3-1-2-4-8-16/h5-6,11H,1-4,7-10H2,(H,17,18). The van der Waals surface area contributed by atoms with Crippen molar-refractivity contribution in [2.24, 2.45) is 0 Å². The fourth-order valence-corrected chi connectivity index (χ4v) is 2.23. The van der Waals surface area contributed by atoms with Crippen LogP contribution in [0.15, 0.2) is 18.3 Å². The van der Waals surface area contributed by atoms with E-state index in [2.05, 4.69) is 9.88 Å². The van der Waals surface area contributed by atoms with Crippen LogP contribution in [0.1, 0.15) is 36.0 Å². The molecule has 1 aliphatic rings. The largest absolute Gasteiger partial charge is 0.478 e. The molecule has 0 atom stereocenters. The maximum absolute atomic E-state index is 10.7. The molecule has 1 N–H and O–H groups in total. The van der Waals surface area contributed by atoms with Crippen molar-refractivity contribution in [3.8, 4) is 5.88 Å². The number of likely N-dealkylation sites (tertiary alicyclic amines) is 1. The third-order valence-electron chi connectivity index (χ3n) is 3.34. The predicted octanol–water partition coefficient (Wildman–Crippen LogP) is 2.03. The molecule has 1 aromatic heterocycles. The summed E-state index contributed by atoms with van der Waals surface area (Å²) in [5.41, 5.74) is 0.180. The summed E-state index contributed by atoms with van der Waals surface area (Å²) < 4.78 is 5.54. The molecule has 2 heterocycles. The van der Waals surface area contributed by atoms with Gasteiger partial charge in [0.05, 0.1) is 5.56 Å². The molecule has 0 unspecified atom stereocenters. The number of hydrogen-bond acceptors (Lipinski definition) is 4. The topological polar surface area (TPSA) is 62.7 Å². The first-order valence-corrected chi connectivity index (χ1v) is 6.80. The normalized spacial score (nSPS) is 16.8. The number of aromatic carboxylic acids is 1. The van der Waals surface area contributed by atoms with Gasteiger partial charge in [0.25, 0.3) is 0 Å². The Balaban J connectivity index is 1.74. The van der Waals surface area contributed by atoms with Gasteiger partial charge in [0.15, 0.2) is 0 Å². The molecule has 0 spiro atoms. The van der Waals surface area contributed by atoms with Gasteiger partial charge in [-0.05, 0) is 32.0 Å². The molecule has 1 aromatic rings. The third kappa shape index (κ3) is 4.52. The lowest BCUT2D eigenvalue weighted by atomic mass is 10.2. The molecule has 0 amide bonds. The van der Waals surface area contributed by atoms with E-state index in [0.29, 0.717) is 12.5 Å². The van der Waals surface area contributed by atoms with Gasteiger partial charge in [-0.3, -0.25) is 4.90 Å². The molecule has 0 aliphatic carbocycles. The number of carboxylic acid groups (broad SMARTS) is 1. The number of nitrogens with zero attached hydrogens (tertiary/aromatic N) is 2. The Morgan fingerprint density at radius 3 is 2.58 bits per heavy atom. The maximum Gasteiger partial charge on any atom is 0.337 e. The highest BCUT2D eigenvalue weighted by molar-refractivity contribution is 5.87. The molecule has 1 aliphatic heterocycles. The van der Waals surface area contributed by atoms with Crippen LogP contribution in [0.25, 0.3) is 0 Å². The number of pyridine rings is 1. The number of rotatable bonds is 5. The van der Waals surface area contributed by atoms with E-state index in [0.717, 1.165) is 19.6 Å². The van der Waals surface area contributed by atoms with Gasteiger partial charge in [0, 0.05) is 18.8 Å². The van der Waals surface area contributed by atoms with Crippen LogP contribution in [0.5, 0.6) is 5.88 Å². The van der Waals surface area contributed by atoms with Crippen molar-refractivity contribution in [2.75, 3.05) is 26.2 Å². The van der Waals surface area contributed by atoms with E-state index >= 15 is 0 Å². The Kier molecular flexibility index (Phi) is 5.15. The minimum atomic E-state index is -0.969. The lowest BCUT2D eigenvalue weighted by molar-refractivity contribution is 0.0696. The van der Waals surface area contributed by atoms with Crippen LogP contribution >= 0.6 is 0 Å². The van der Waals surface area contributed by atoms with E-state index in [1.807, 2.05) is 0 Å². The second-order valence-corrected chi connectivity index (χ2v) is 4.79. The molecule has 0 bridgehead atoms. The number of carboxylic acids is 1. The van der Waals surface area contributed by atoms with Crippen LogP contribution in [-0.4, -0.2) is 47.2 Å². The highest BCUT2D eigenvalue weighted by Crippen LogP contribution is 2.10. The van der Waals surface area contributed by atoms with Crippen molar-refractivity contribution in [1.29, 1.82) is 0 Å². The second-order valence-electron chi connectivity index (χ2n) is 4.79. The molecule has 1 saturated heterocycles. The van der Waals surface area contributed by atoms with Crippen molar-refractivity contribution < 1.29 is 14.6 Å². The molecule has 2 rings (SSSR count). The van der Waals surface area contributed by atoms with Crippen LogP contribution in [0.3, 0.4) is 0 Å². The predicted molar refractivity (Wildman–Crippen MR) is 71.6 cm³/mol. The van der Waals surface area contributed by atoms with Crippen LogP contribution in [0, 0.1) is 0 Å². The Morgan fingerprint density at radius 2 is 2.00 bits per heavy atom. The second kappa shape index (κ2) is 7.09. The number of carbonyl (C=O) groups is 1. The smallest absolute Gasteiger partial charge is 0.337 e. The van der Waals surface area contributed by atoms with E-state index in [4.69, 9.17) is 9.84 Å². The Hall–Kier alpha value is -1.62. The number of ether oxygens (including phenoxy) is 1. The Labute approximate surface area is 113 Å². The van der Waals surface area contributed by atoms with Gasteiger partial charge in [-0.15, -0.1) is 0 Å². The van der Waals surface area contributed by atoms with Crippen molar-refractivity contribution >= 4 is 5.97 Å². The molecule has 0 saturated carbocycles. The lowest BCUT2D eigenvalue weighted by Crippen LogP contribution is -2.29. The van der Waals surface area contributed by atoms with Crippen molar-refractivity contribution in [1.82, 2.24) is 9.88 Å². The quantitative estimate of drug-likeness (QED) is 0.881. The summed E-state index contributed by atoms with van der Waals surface area (Å²) in [5.74, 6) is -0.483. The fourth-order valence-electron chi connectivity index (χ4n) is 2.23. The molecular formula is C14H20N2O3. The van der Waals surface area contributed by atoms with E-state index < -0.39 is 5.97 Å². The monoisotopic (exact) mass is 264 g/mol. The minimum Gasteiger partial charge on any atom is -0.478 e. The molecular weight excluding hydrogens is 244 g/mol. The van der Waals surface area contributed by atoms with Crippen molar-refractivity contribution in [2.45, 2.75) is 25.7 Å². The summed E-state index contributed by atoms with van der Waals surface area (Å²) in [5, 5.41) is 8.76. The van der Waals surface area contributed by atoms with Crippen LogP contribution in [0.4, 0.5) is 0 Å². The average molecular weight is 264 g/mol. The zero-order chi connectivity index (χ0) is 13.5. The Bertz CT molecular complexity index is 398. The van der Waals surface area contributed by atoms with Gasteiger partial charge in [-0.1, -0.05) is 12.8 Å². The first-order chi connectivity index (χ1) is 9.25. The van der Waals surface area contributed by atoms with E-state index in [9.17, 15) is 4.79 Å². The fraction of sp³-hybridized carbons (Fsp3) is 0.571. The van der Waals surface area contributed by atoms with Gasteiger partial charge in [0.1, 0.15) is 6.61 Å². The summed E-state index contributed by atoms with van der Waals surface area (Å²) in [7, 11) is 0. The zero-order valence-electron chi connectivity index (χ0n) is 11.0. The minimum absolute atomic E-state index is 0.180. The van der Waals surface area contributed by atoms with E-state index in [-0.39, 0.29) is 5.56 Å². The van der Waals surface area contributed by atoms with E-state index in [1.54, 1.807) is 6.07 Å². The van der Waals surface area contributed by atoms with Crippen LogP contribution in [-0.2, 0) is 0 Å². The molecule has 104 valence electrons. The maximum atomic E-state index is 10.7. The summed E-state index contributed by atoms with van der Waals surface area (Å²) >= 11 is 0. The average Bonchev–Trinajstić information content (AvgIpc) is 2.68. The van der Waals surface area contributed by atoms with Gasteiger partial charge < -0.3 is 9.84 Å². The number of aromatic nitrogens is 1. The third-order valence-corrected chi connectivity index (χ3v) is 3.34. The lowest BCUT2D eigenvalue weighted by Gasteiger charge is -2.19. The van der Waals surface area contributed by atoms with Gasteiger partial charge in [-0.2, -0.15) is 0 Å². The van der Waals surface area contributed by atoms with E-state index in [1.165, 1.54) is 37.9 Å². The summed E-state index contributed by atoms with van der Waals surface area (Å²) in [6.07, 6.45) is 6.52. The van der Waals surface area contributed by atoms with Gasteiger partial charge in [0.2, 0.25) is 5.88 Å². The van der Waals surface area contributed by atoms with Crippen LogP contribution in [0.2, 0.25) is 0 Å². The highest BCUT2D eigenvalue weighted by Gasteiger charge is 2.09. The molecule has 5 nitrogen and oxygen atoms in total. The molecule has 5 heteroatoms. The molecule has 1 fully saturated rings. The Morgan fingerprint density at radius 1 is 1.26 bits per heavy atom. The van der Waals surface area contributed by atoms with Gasteiger partial charge >= 0.3 is 5.97 Å². The summed E-state index contributed by atoms with van der Waals surface area (Å²) in [4.78, 5) is 17.1.